The third kappa shape index (κ3) is 1.59. The van der Waals surface area contributed by atoms with Gasteiger partial charge in [-0.25, -0.2) is 0 Å². The Morgan fingerprint density at radius 3 is 2.71 bits per heavy atom. The van der Waals surface area contributed by atoms with Crippen LogP contribution in [0.15, 0.2) is 23.3 Å². The second-order valence-corrected chi connectivity index (χ2v) is 8.02. The molecule has 0 saturated heterocycles. The highest BCUT2D eigenvalue weighted by Gasteiger charge is 2.55. The number of hydrogen-bond donors (Lipinski definition) is 0. The van der Waals surface area contributed by atoms with Crippen LogP contribution in [0.3, 0.4) is 0 Å². The summed E-state index contributed by atoms with van der Waals surface area (Å²) in [6, 6.07) is 0. The molecular weight excluding hydrogens is 260 g/mol. The standard InChI is InChI=1S/C19H24O2/c1-18-9-4-3-5-12(18)6-7-13-14(18)8-10-19(2)15(13)11-16(20)17(19)21/h7,11-12,14H,3-6,8-10H2,1-2H3/t12?,14-,18-,19-/m0/s1. The van der Waals surface area contributed by atoms with E-state index in [0.717, 1.165) is 30.8 Å². The molecule has 4 aliphatic carbocycles. The molecule has 4 aliphatic rings. The molecule has 2 nitrogen and oxygen atoms in total. The Balaban J connectivity index is 1.80. The van der Waals surface area contributed by atoms with Gasteiger partial charge in [0.25, 0.3) is 0 Å². The molecule has 2 heteroatoms. The van der Waals surface area contributed by atoms with Crippen LogP contribution in [-0.4, -0.2) is 11.6 Å². The van der Waals surface area contributed by atoms with Crippen molar-refractivity contribution in [2.24, 2.45) is 22.7 Å². The number of hydrogen-bond acceptors (Lipinski definition) is 2. The predicted molar refractivity (Wildman–Crippen MR) is 81.7 cm³/mol. The van der Waals surface area contributed by atoms with E-state index in [4.69, 9.17) is 0 Å². The number of carbonyl (C=O) groups is 2. The summed E-state index contributed by atoms with van der Waals surface area (Å²) in [6.07, 6.45) is 12.5. The van der Waals surface area contributed by atoms with Gasteiger partial charge in [-0.05, 0) is 73.5 Å². The van der Waals surface area contributed by atoms with Crippen molar-refractivity contribution < 1.29 is 9.59 Å². The van der Waals surface area contributed by atoms with Gasteiger partial charge < -0.3 is 0 Å². The van der Waals surface area contributed by atoms with Crippen LogP contribution in [0.4, 0.5) is 0 Å². The van der Waals surface area contributed by atoms with Crippen molar-refractivity contribution in [2.45, 2.75) is 58.8 Å². The fourth-order valence-electron chi connectivity index (χ4n) is 5.66. The summed E-state index contributed by atoms with van der Waals surface area (Å²) >= 11 is 0. The second-order valence-electron chi connectivity index (χ2n) is 8.02. The molecule has 0 bridgehead atoms. The van der Waals surface area contributed by atoms with Gasteiger partial charge in [-0.2, -0.15) is 0 Å². The van der Waals surface area contributed by atoms with Crippen molar-refractivity contribution in [1.29, 1.82) is 0 Å². The predicted octanol–water partition coefficient (Wildman–Crippen LogP) is 4.01. The van der Waals surface area contributed by atoms with Gasteiger partial charge in [0, 0.05) is 0 Å². The zero-order valence-corrected chi connectivity index (χ0v) is 13.1. The minimum Gasteiger partial charge on any atom is -0.289 e. The molecule has 0 amide bonds. The highest BCUT2D eigenvalue weighted by molar-refractivity contribution is 6.47. The summed E-state index contributed by atoms with van der Waals surface area (Å²) in [4.78, 5) is 24.2. The van der Waals surface area contributed by atoms with Crippen LogP contribution in [0, 0.1) is 22.7 Å². The van der Waals surface area contributed by atoms with Crippen LogP contribution in [0.5, 0.6) is 0 Å². The van der Waals surface area contributed by atoms with E-state index in [1.165, 1.54) is 31.3 Å². The Bertz CT molecular complexity index is 597. The number of ketones is 2. The molecule has 21 heavy (non-hydrogen) atoms. The summed E-state index contributed by atoms with van der Waals surface area (Å²) in [5.41, 5.74) is 2.29. The molecule has 0 aromatic carbocycles. The average molecular weight is 284 g/mol. The molecule has 0 radical (unpaired) electrons. The highest BCUT2D eigenvalue weighted by Crippen LogP contribution is 2.61. The van der Waals surface area contributed by atoms with Crippen molar-refractivity contribution in [3.05, 3.63) is 23.3 Å². The maximum absolute atomic E-state index is 12.3. The minimum atomic E-state index is -0.517. The molecule has 112 valence electrons. The monoisotopic (exact) mass is 284 g/mol. The fourth-order valence-corrected chi connectivity index (χ4v) is 5.66. The molecule has 4 atom stereocenters. The number of carbonyl (C=O) groups excluding carboxylic acids is 2. The van der Waals surface area contributed by atoms with Crippen molar-refractivity contribution in [3.8, 4) is 0 Å². The van der Waals surface area contributed by atoms with E-state index in [9.17, 15) is 9.59 Å². The number of fused-ring (bicyclic) bond motifs is 5. The Kier molecular flexibility index (Phi) is 2.68. The lowest BCUT2D eigenvalue weighted by Crippen LogP contribution is -2.46. The first-order chi connectivity index (χ1) is 9.97. The summed E-state index contributed by atoms with van der Waals surface area (Å²) in [5, 5.41) is 0. The zero-order valence-electron chi connectivity index (χ0n) is 13.1. The zero-order chi connectivity index (χ0) is 14.8. The minimum absolute atomic E-state index is 0.173. The van der Waals surface area contributed by atoms with Crippen LogP contribution in [0.2, 0.25) is 0 Å². The van der Waals surface area contributed by atoms with Crippen molar-refractivity contribution in [1.82, 2.24) is 0 Å². The first-order valence-electron chi connectivity index (χ1n) is 8.48. The maximum atomic E-state index is 12.3. The average Bonchev–Trinajstić information content (AvgIpc) is 2.70. The van der Waals surface area contributed by atoms with Crippen LogP contribution in [0.1, 0.15) is 58.8 Å². The first kappa shape index (κ1) is 13.5. The summed E-state index contributed by atoms with van der Waals surface area (Å²) in [7, 11) is 0. The van der Waals surface area contributed by atoms with Crippen LogP contribution < -0.4 is 0 Å². The highest BCUT2D eigenvalue weighted by atomic mass is 16.2. The lowest BCUT2D eigenvalue weighted by atomic mass is 9.50. The van der Waals surface area contributed by atoms with E-state index in [0.29, 0.717) is 11.3 Å². The Hall–Kier alpha value is -1.18. The van der Waals surface area contributed by atoms with E-state index in [1.54, 1.807) is 6.08 Å². The molecule has 2 fully saturated rings. The number of Topliss-reactive ketones (excluding diaryl/α,β-unsaturated/α-hetero) is 1. The van der Waals surface area contributed by atoms with Crippen LogP contribution in [0.25, 0.3) is 0 Å². The van der Waals surface area contributed by atoms with Gasteiger partial charge in [0.2, 0.25) is 11.6 Å². The summed E-state index contributed by atoms with van der Waals surface area (Å²) < 4.78 is 0. The Morgan fingerprint density at radius 1 is 1.10 bits per heavy atom. The Morgan fingerprint density at radius 2 is 1.90 bits per heavy atom. The molecule has 0 aliphatic heterocycles. The largest absolute Gasteiger partial charge is 0.289 e. The number of allylic oxidation sites excluding steroid dienone is 4. The van der Waals surface area contributed by atoms with Gasteiger partial charge in [-0.1, -0.05) is 25.8 Å². The van der Waals surface area contributed by atoms with Gasteiger partial charge in [0.1, 0.15) is 0 Å². The van der Waals surface area contributed by atoms with E-state index < -0.39 is 5.41 Å². The van der Waals surface area contributed by atoms with Gasteiger partial charge in [-0.3, -0.25) is 9.59 Å². The van der Waals surface area contributed by atoms with Crippen molar-refractivity contribution in [3.63, 3.8) is 0 Å². The van der Waals surface area contributed by atoms with Crippen molar-refractivity contribution in [2.75, 3.05) is 0 Å². The SMILES string of the molecule is C[C@]12CC[C@H]3C(=CCC4CCCC[C@@]43C)C1=CC(=O)C2=O. The quantitative estimate of drug-likeness (QED) is 0.630. The topological polar surface area (TPSA) is 34.1 Å². The molecule has 0 heterocycles. The van der Waals surface area contributed by atoms with Gasteiger partial charge in [0.15, 0.2) is 0 Å². The van der Waals surface area contributed by atoms with E-state index >= 15 is 0 Å². The van der Waals surface area contributed by atoms with Gasteiger partial charge >= 0.3 is 0 Å². The molecular formula is C19H24O2. The number of rotatable bonds is 0. The van der Waals surface area contributed by atoms with E-state index in [-0.39, 0.29) is 11.6 Å². The van der Waals surface area contributed by atoms with Gasteiger partial charge in [0.05, 0.1) is 5.41 Å². The third-order valence-corrected chi connectivity index (χ3v) is 7.08. The van der Waals surface area contributed by atoms with Gasteiger partial charge in [-0.15, -0.1) is 0 Å². The molecule has 0 aromatic heterocycles. The van der Waals surface area contributed by atoms with E-state index in [1.807, 2.05) is 6.92 Å². The molecule has 0 aromatic rings. The maximum Gasteiger partial charge on any atom is 0.222 e. The second kappa shape index (κ2) is 4.18. The third-order valence-electron chi connectivity index (χ3n) is 7.08. The lowest BCUT2D eigenvalue weighted by molar-refractivity contribution is -0.137. The fraction of sp³-hybridized carbons (Fsp3) is 0.684. The Labute approximate surface area is 126 Å². The van der Waals surface area contributed by atoms with E-state index in [2.05, 4.69) is 13.0 Å². The smallest absolute Gasteiger partial charge is 0.222 e. The molecule has 1 unspecified atom stereocenters. The molecule has 0 spiro atoms. The van der Waals surface area contributed by atoms with Crippen LogP contribution >= 0.6 is 0 Å². The lowest BCUT2D eigenvalue weighted by Gasteiger charge is -2.54. The normalized spacial score (nSPS) is 45.4. The molecule has 2 saturated carbocycles. The first-order valence-corrected chi connectivity index (χ1v) is 8.48. The molecule has 4 rings (SSSR count). The summed E-state index contributed by atoms with van der Waals surface area (Å²) in [5.74, 6) is 0.921. The van der Waals surface area contributed by atoms with Crippen LogP contribution in [-0.2, 0) is 9.59 Å². The molecule has 0 N–H and O–H groups in total. The van der Waals surface area contributed by atoms with Crippen molar-refractivity contribution >= 4 is 11.6 Å². The summed E-state index contributed by atoms with van der Waals surface area (Å²) in [6.45, 7) is 4.45.